The molecule has 6 heteroatoms. The molecule has 2 aromatic heterocycles. The molecule has 0 aromatic carbocycles. The molecular formula is C18H19N3O3. The van der Waals surface area contributed by atoms with Gasteiger partial charge in [0.25, 0.3) is 0 Å². The monoisotopic (exact) mass is 325 g/mol. The van der Waals surface area contributed by atoms with E-state index in [1.165, 1.54) is 10.8 Å². The third kappa shape index (κ3) is 1.55. The van der Waals surface area contributed by atoms with Crippen molar-refractivity contribution in [2.24, 2.45) is 0 Å². The Kier molecular flexibility index (Phi) is 2.70. The van der Waals surface area contributed by atoms with Crippen LogP contribution in [-0.2, 0) is 15.9 Å². The summed E-state index contributed by atoms with van der Waals surface area (Å²) >= 11 is 0. The summed E-state index contributed by atoms with van der Waals surface area (Å²) < 4.78 is 7.53. The van der Waals surface area contributed by atoms with Crippen LogP contribution in [0.15, 0.2) is 6.20 Å². The largest absolute Gasteiger partial charge is 0.494 e. The van der Waals surface area contributed by atoms with E-state index in [0.717, 1.165) is 24.0 Å². The van der Waals surface area contributed by atoms with Gasteiger partial charge in [-0.15, -0.1) is 0 Å². The smallest absolute Gasteiger partial charge is 0.205 e. The van der Waals surface area contributed by atoms with Crippen molar-refractivity contribution >= 4 is 0 Å². The van der Waals surface area contributed by atoms with Crippen LogP contribution in [0.1, 0.15) is 54.6 Å². The maximum Gasteiger partial charge on any atom is 0.205 e. The summed E-state index contributed by atoms with van der Waals surface area (Å²) in [6.07, 6.45) is 3.12. The summed E-state index contributed by atoms with van der Waals surface area (Å²) in [4.78, 5) is 4.15. The normalized spacial score (nSPS) is 27.3. The lowest BCUT2D eigenvalue weighted by atomic mass is 9.80. The quantitative estimate of drug-likeness (QED) is 0.841. The predicted molar refractivity (Wildman–Crippen MR) is 86.1 cm³/mol. The van der Waals surface area contributed by atoms with Gasteiger partial charge in [0.1, 0.15) is 11.8 Å². The van der Waals surface area contributed by atoms with E-state index in [0.29, 0.717) is 22.5 Å². The molecular weight excluding hydrogens is 306 g/mol. The molecule has 4 heterocycles. The van der Waals surface area contributed by atoms with E-state index in [4.69, 9.17) is 10.00 Å². The Morgan fingerprint density at radius 2 is 1.67 bits per heavy atom. The lowest BCUT2D eigenvalue weighted by molar-refractivity contribution is -0.0683. The number of nitrogens with zero attached hydrogens (tertiary/aromatic N) is 3. The molecule has 2 N–H and O–H groups in total. The van der Waals surface area contributed by atoms with Gasteiger partial charge in [0, 0.05) is 0 Å². The number of fused-ring (bicyclic) bond motifs is 5. The van der Waals surface area contributed by atoms with Crippen molar-refractivity contribution < 1.29 is 14.9 Å². The van der Waals surface area contributed by atoms with Crippen LogP contribution in [0, 0.1) is 25.2 Å². The average Bonchev–Trinajstić information content (AvgIpc) is 3.07. The number of nitriles is 1. The van der Waals surface area contributed by atoms with Crippen molar-refractivity contribution in [2.75, 3.05) is 0 Å². The highest BCUT2D eigenvalue weighted by Gasteiger charge is 2.59. The Labute approximate surface area is 139 Å². The molecule has 2 unspecified atom stereocenters. The first-order valence-electron chi connectivity index (χ1n) is 7.98. The van der Waals surface area contributed by atoms with E-state index in [2.05, 4.69) is 11.1 Å². The van der Waals surface area contributed by atoms with Crippen LogP contribution in [0.3, 0.4) is 0 Å². The highest BCUT2D eigenvalue weighted by Crippen LogP contribution is 2.64. The predicted octanol–water partition coefficient (Wildman–Crippen LogP) is 3.03. The third-order valence-electron chi connectivity index (χ3n) is 5.67. The van der Waals surface area contributed by atoms with E-state index in [-0.39, 0.29) is 11.8 Å². The van der Waals surface area contributed by atoms with Gasteiger partial charge in [-0.1, -0.05) is 0 Å². The molecule has 2 aliphatic rings. The molecule has 0 spiro atoms. The van der Waals surface area contributed by atoms with Crippen molar-refractivity contribution in [2.45, 2.75) is 51.7 Å². The molecule has 124 valence electrons. The van der Waals surface area contributed by atoms with Gasteiger partial charge in [0.15, 0.2) is 0 Å². The zero-order valence-electron chi connectivity index (χ0n) is 14.1. The Balaban J connectivity index is 2.02. The Morgan fingerprint density at radius 3 is 2.17 bits per heavy atom. The number of pyridine rings is 1. The minimum atomic E-state index is -0.583. The number of aromatic nitrogens is 2. The van der Waals surface area contributed by atoms with Crippen LogP contribution in [0.25, 0.3) is 5.69 Å². The fourth-order valence-electron chi connectivity index (χ4n) is 4.23. The molecule has 2 aromatic rings. The summed E-state index contributed by atoms with van der Waals surface area (Å²) in [6.45, 7) is 7.56. The summed E-state index contributed by atoms with van der Waals surface area (Å²) in [5.41, 5.74) is 2.61. The molecule has 0 radical (unpaired) electrons. The zero-order chi connectivity index (χ0) is 17.4. The van der Waals surface area contributed by atoms with Crippen molar-refractivity contribution in [3.63, 3.8) is 0 Å². The molecule has 0 aliphatic carbocycles. The SMILES string of the molecule is Cc1c(-n2c(O)c3c(c2O)C2(C)CCC3(C)O2)cnc(C#N)c1C. The number of ether oxygens (including phenoxy) is 1. The van der Waals surface area contributed by atoms with E-state index < -0.39 is 11.2 Å². The summed E-state index contributed by atoms with van der Waals surface area (Å²) in [7, 11) is 0. The summed E-state index contributed by atoms with van der Waals surface area (Å²) in [6, 6.07) is 2.05. The lowest BCUT2D eigenvalue weighted by Gasteiger charge is -2.21. The minimum absolute atomic E-state index is 0.0116. The van der Waals surface area contributed by atoms with E-state index in [1.54, 1.807) is 0 Å². The fourth-order valence-corrected chi connectivity index (χ4v) is 4.23. The van der Waals surface area contributed by atoms with Crippen molar-refractivity contribution in [3.8, 4) is 23.5 Å². The first-order valence-corrected chi connectivity index (χ1v) is 7.98. The second-order valence-corrected chi connectivity index (χ2v) is 7.15. The van der Waals surface area contributed by atoms with E-state index in [1.807, 2.05) is 27.7 Å². The first-order chi connectivity index (χ1) is 11.2. The van der Waals surface area contributed by atoms with Crippen LogP contribution in [0.5, 0.6) is 11.8 Å². The standard InChI is InChI=1S/C18H19N3O3/c1-9-10(2)12(8-20-11(9)7-19)21-15(22)13-14(16(21)23)18(4)6-5-17(13,3)24-18/h8,22-23H,5-6H2,1-4H3. The van der Waals surface area contributed by atoms with Crippen LogP contribution in [0.2, 0.25) is 0 Å². The average molecular weight is 325 g/mol. The van der Waals surface area contributed by atoms with E-state index in [9.17, 15) is 10.2 Å². The second kappa shape index (κ2) is 4.31. The van der Waals surface area contributed by atoms with E-state index >= 15 is 0 Å². The Hall–Kier alpha value is -2.52. The Bertz CT molecular complexity index is 901. The second-order valence-electron chi connectivity index (χ2n) is 7.15. The van der Waals surface area contributed by atoms with Gasteiger partial charge in [0.2, 0.25) is 11.8 Å². The van der Waals surface area contributed by atoms with Gasteiger partial charge >= 0.3 is 0 Å². The Morgan fingerprint density at radius 1 is 1.12 bits per heavy atom. The van der Waals surface area contributed by atoms with Crippen LogP contribution >= 0.6 is 0 Å². The van der Waals surface area contributed by atoms with Crippen LogP contribution in [0.4, 0.5) is 0 Å². The molecule has 2 bridgehead atoms. The minimum Gasteiger partial charge on any atom is -0.494 e. The molecule has 24 heavy (non-hydrogen) atoms. The van der Waals surface area contributed by atoms with Gasteiger partial charge < -0.3 is 14.9 Å². The number of aromatic hydroxyl groups is 2. The molecule has 1 fully saturated rings. The molecule has 2 atom stereocenters. The first kappa shape index (κ1) is 15.0. The lowest BCUT2D eigenvalue weighted by Crippen LogP contribution is -2.17. The highest BCUT2D eigenvalue weighted by molar-refractivity contribution is 5.62. The number of hydrogen-bond donors (Lipinski definition) is 2. The topological polar surface area (TPSA) is 91.3 Å². The molecule has 1 saturated heterocycles. The molecule has 0 saturated carbocycles. The molecule has 6 nitrogen and oxygen atoms in total. The van der Waals surface area contributed by atoms with Gasteiger partial charge in [-0.3, -0.25) is 0 Å². The van der Waals surface area contributed by atoms with Gasteiger partial charge in [-0.2, -0.15) is 5.26 Å². The number of hydrogen-bond acceptors (Lipinski definition) is 5. The fraction of sp³-hybridized carbons (Fsp3) is 0.444. The van der Waals surface area contributed by atoms with Crippen LogP contribution < -0.4 is 0 Å². The van der Waals surface area contributed by atoms with Gasteiger partial charge in [-0.05, 0) is 51.7 Å². The number of rotatable bonds is 1. The maximum atomic E-state index is 10.9. The maximum absolute atomic E-state index is 10.9. The van der Waals surface area contributed by atoms with Crippen molar-refractivity contribution in [1.29, 1.82) is 5.26 Å². The van der Waals surface area contributed by atoms with Crippen LogP contribution in [-0.4, -0.2) is 19.8 Å². The van der Waals surface area contributed by atoms with Gasteiger partial charge in [0.05, 0.1) is 34.2 Å². The molecule has 2 aliphatic heterocycles. The van der Waals surface area contributed by atoms with Gasteiger partial charge in [-0.25, -0.2) is 9.55 Å². The highest BCUT2D eigenvalue weighted by atomic mass is 16.5. The molecule has 4 rings (SSSR count). The zero-order valence-corrected chi connectivity index (χ0v) is 14.1. The van der Waals surface area contributed by atoms with Crippen molar-refractivity contribution in [1.82, 2.24) is 9.55 Å². The van der Waals surface area contributed by atoms with Crippen molar-refractivity contribution in [3.05, 3.63) is 34.1 Å². The molecule has 0 amide bonds. The third-order valence-corrected chi connectivity index (χ3v) is 5.67. The summed E-state index contributed by atoms with van der Waals surface area (Å²) in [5.74, 6) is -0.0233. The summed E-state index contributed by atoms with van der Waals surface area (Å²) in [5, 5.41) is 30.8.